The SMILES string of the molecule is COC(=O)c1nc(-c2ccc(OC(F)(F)F)cc2)sc1N. The van der Waals surface area contributed by atoms with Crippen molar-refractivity contribution in [1.29, 1.82) is 0 Å². The number of nitrogens with two attached hydrogens (primary N) is 1. The molecule has 0 saturated carbocycles. The Morgan fingerprint density at radius 1 is 1.29 bits per heavy atom. The Kier molecular flexibility index (Phi) is 4.03. The lowest BCUT2D eigenvalue weighted by atomic mass is 10.2. The lowest BCUT2D eigenvalue weighted by Gasteiger charge is -2.08. The summed E-state index contributed by atoms with van der Waals surface area (Å²) in [7, 11) is 1.20. The van der Waals surface area contributed by atoms with Crippen LogP contribution in [0.15, 0.2) is 24.3 Å². The molecule has 9 heteroatoms. The first-order valence-corrected chi connectivity index (χ1v) is 6.32. The highest BCUT2D eigenvalue weighted by Crippen LogP contribution is 2.32. The molecule has 0 aliphatic heterocycles. The van der Waals surface area contributed by atoms with Gasteiger partial charge in [0.1, 0.15) is 15.8 Å². The Bertz CT molecular complexity index is 653. The molecule has 2 rings (SSSR count). The quantitative estimate of drug-likeness (QED) is 0.880. The zero-order valence-electron chi connectivity index (χ0n) is 10.6. The first-order valence-electron chi connectivity index (χ1n) is 5.51. The van der Waals surface area contributed by atoms with Crippen molar-refractivity contribution >= 4 is 22.3 Å². The van der Waals surface area contributed by atoms with Crippen LogP contribution >= 0.6 is 11.3 Å². The monoisotopic (exact) mass is 318 g/mol. The number of hydrogen-bond donors (Lipinski definition) is 1. The van der Waals surface area contributed by atoms with Crippen molar-refractivity contribution in [1.82, 2.24) is 4.98 Å². The van der Waals surface area contributed by atoms with Crippen molar-refractivity contribution < 1.29 is 27.4 Å². The van der Waals surface area contributed by atoms with Crippen molar-refractivity contribution in [3.05, 3.63) is 30.0 Å². The summed E-state index contributed by atoms with van der Waals surface area (Å²) >= 11 is 1.03. The van der Waals surface area contributed by atoms with E-state index in [0.717, 1.165) is 23.5 Å². The number of ether oxygens (including phenoxy) is 2. The Morgan fingerprint density at radius 2 is 1.90 bits per heavy atom. The summed E-state index contributed by atoms with van der Waals surface area (Å²) in [4.78, 5) is 15.4. The molecule has 2 N–H and O–H groups in total. The Labute approximate surface area is 121 Å². The molecule has 1 heterocycles. The molecule has 0 bridgehead atoms. The summed E-state index contributed by atoms with van der Waals surface area (Å²) in [6.07, 6.45) is -4.74. The molecule has 0 aliphatic carbocycles. The molecule has 5 nitrogen and oxygen atoms in total. The van der Waals surface area contributed by atoms with Crippen LogP contribution in [0.5, 0.6) is 5.75 Å². The van der Waals surface area contributed by atoms with E-state index in [1.165, 1.54) is 19.2 Å². The zero-order valence-corrected chi connectivity index (χ0v) is 11.4. The van der Waals surface area contributed by atoms with Crippen molar-refractivity contribution in [3.63, 3.8) is 0 Å². The topological polar surface area (TPSA) is 74.4 Å². The summed E-state index contributed by atoms with van der Waals surface area (Å²) in [5.74, 6) is -1.02. The van der Waals surface area contributed by atoms with Gasteiger partial charge in [-0.05, 0) is 24.3 Å². The number of thiazole rings is 1. The molecule has 0 radical (unpaired) electrons. The van der Waals surface area contributed by atoms with Gasteiger partial charge in [-0.1, -0.05) is 11.3 Å². The van der Waals surface area contributed by atoms with Gasteiger partial charge in [-0.15, -0.1) is 13.2 Å². The van der Waals surface area contributed by atoms with Gasteiger partial charge in [-0.3, -0.25) is 0 Å². The van der Waals surface area contributed by atoms with E-state index in [4.69, 9.17) is 5.73 Å². The number of alkyl halides is 3. The average Bonchev–Trinajstić information content (AvgIpc) is 2.79. The van der Waals surface area contributed by atoms with Crippen LogP contribution in [-0.4, -0.2) is 24.4 Å². The molecule has 21 heavy (non-hydrogen) atoms. The van der Waals surface area contributed by atoms with E-state index in [2.05, 4.69) is 14.5 Å². The maximum absolute atomic E-state index is 12.0. The number of aromatic nitrogens is 1. The molecular weight excluding hydrogens is 309 g/mol. The third-order valence-electron chi connectivity index (χ3n) is 2.37. The zero-order chi connectivity index (χ0) is 15.6. The maximum Gasteiger partial charge on any atom is 0.573 e. The maximum atomic E-state index is 12.0. The van der Waals surface area contributed by atoms with Gasteiger partial charge >= 0.3 is 12.3 Å². The fraction of sp³-hybridized carbons (Fsp3) is 0.167. The van der Waals surface area contributed by atoms with E-state index < -0.39 is 12.3 Å². The van der Waals surface area contributed by atoms with Gasteiger partial charge in [-0.2, -0.15) is 0 Å². The lowest BCUT2D eigenvalue weighted by Crippen LogP contribution is -2.16. The highest BCUT2D eigenvalue weighted by atomic mass is 32.1. The summed E-state index contributed by atoms with van der Waals surface area (Å²) in [5, 5.41) is 0.568. The van der Waals surface area contributed by atoms with Gasteiger partial charge in [0, 0.05) is 5.56 Å². The fourth-order valence-corrected chi connectivity index (χ4v) is 2.32. The number of carbonyl (C=O) groups excluding carboxylic acids is 1. The molecule has 0 saturated heterocycles. The summed E-state index contributed by atoms with van der Waals surface area (Å²) in [5.41, 5.74) is 6.14. The number of halogens is 3. The fourth-order valence-electron chi connectivity index (χ4n) is 1.50. The molecule has 0 aliphatic rings. The highest BCUT2D eigenvalue weighted by Gasteiger charge is 2.31. The molecule has 2 aromatic rings. The standard InChI is InChI=1S/C12H9F3N2O3S/c1-19-11(18)8-9(16)21-10(17-8)6-2-4-7(5-3-6)20-12(13,14)15/h2-5H,16H2,1H3. The number of benzene rings is 1. The number of rotatable bonds is 3. The van der Waals surface area contributed by atoms with Crippen molar-refractivity contribution in [3.8, 4) is 16.3 Å². The van der Waals surface area contributed by atoms with E-state index >= 15 is 0 Å². The van der Waals surface area contributed by atoms with Gasteiger partial charge in [-0.25, -0.2) is 9.78 Å². The second-order valence-electron chi connectivity index (χ2n) is 3.80. The van der Waals surface area contributed by atoms with Crippen LogP contribution in [0.2, 0.25) is 0 Å². The number of nitrogen functional groups attached to an aromatic ring is 1. The van der Waals surface area contributed by atoms with Gasteiger partial charge in [0.05, 0.1) is 7.11 Å². The number of methoxy groups -OCH3 is 1. The van der Waals surface area contributed by atoms with E-state index in [1.807, 2.05) is 0 Å². The van der Waals surface area contributed by atoms with Crippen LogP contribution in [0.3, 0.4) is 0 Å². The predicted octanol–water partition coefficient (Wildman–Crippen LogP) is 3.08. The summed E-state index contributed by atoms with van der Waals surface area (Å²) < 4.78 is 44.4. The first kappa shape index (κ1) is 15.1. The third kappa shape index (κ3) is 3.63. The van der Waals surface area contributed by atoms with E-state index in [-0.39, 0.29) is 16.4 Å². The van der Waals surface area contributed by atoms with Gasteiger partial charge < -0.3 is 15.2 Å². The molecule has 0 atom stereocenters. The molecule has 0 amide bonds. The Morgan fingerprint density at radius 3 is 2.43 bits per heavy atom. The number of hydrogen-bond acceptors (Lipinski definition) is 6. The Hall–Kier alpha value is -2.29. The molecule has 0 spiro atoms. The lowest BCUT2D eigenvalue weighted by molar-refractivity contribution is -0.274. The van der Waals surface area contributed by atoms with Crippen LogP contribution in [0.25, 0.3) is 10.6 Å². The Balaban J connectivity index is 2.25. The summed E-state index contributed by atoms with van der Waals surface area (Å²) in [6, 6.07) is 5.08. The van der Waals surface area contributed by atoms with Crippen LogP contribution in [0.1, 0.15) is 10.5 Å². The minimum Gasteiger partial charge on any atom is -0.464 e. The number of esters is 1. The molecule has 1 aromatic carbocycles. The van der Waals surface area contributed by atoms with Gasteiger partial charge in [0.2, 0.25) is 0 Å². The van der Waals surface area contributed by atoms with Crippen LogP contribution < -0.4 is 10.5 Å². The molecule has 0 unspecified atom stereocenters. The third-order valence-corrected chi connectivity index (χ3v) is 3.30. The van der Waals surface area contributed by atoms with Crippen LogP contribution in [-0.2, 0) is 4.74 Å². The van der Waals surface area contributed by atoms with E-state index in [9.17, 15) is 18.0 Å². The summed E-state index contributed by atoms with van der Waals surface area (Å²) in [6.45, 7) is 0. The van der Waals surface area contributed by atoms with Crippen LogP contribution in [0.4, 0.5) is 18.2 Å². The average molecular weight is 318 g/mol. The highest BCUT2D eigenvalue weighted by molar-refractivity contribution is 7.19. The van der Waals surface area contributed by atoms with Gasteiger partial charge in [0.25, 0.3) is 0 Å². The van der Waals surface area contributed by atoms with Gasteiger partial charge in [0.15, 0.2) is 5.69 Å². The first-order chi connectivity index (χ1) is 9.80. The molecule has 112 valence electrons. The number of carbonyl (C=O) groups is 1. The largest absolute Gasteiger partial charge is 0.573 e. The van der Waals surface area contributed by atoms with Crippen LogP contribution in [0, 0.1) is 0 Å². The van der Waals surface area contributed by atoms with Crippen molar-refractivity contribution in [2.24, 2.45) is 0 Å². The predicted molar refractivity (Wildman–Crippen MR) is 70.0 cm³/mol. The van der Waals surface area contributed by atoms with Crippen molar-refractivity contribution in [2.75, 3.05) is 12.8 Å². The van der Waals surface area contributed by atoms with E-state index in [0.29, 0.717) is 10.6 Å². The second kappa shape index (κ2) is 5.60. The number of anilines is 1. The van der Waals surface area contributed by atoms with E-state index in [1.54, 1.807) is 0 Å². The molecular formula is C12H9F3N2O3S. The van der Waals surface area contributed by atoms with Crippen molar-refractivity contribution in [2.45, 2.75) is 6.36 Å². The normalized spacial score (nSPS) is 11.2. The minimum atomic E-state index is -4.74. The minimum absolute atomic E-state index is 0.0203. The second-order valence-corrected chi connectivity index (χ2v) is 4.83. The molecule has 1 aromatic heterocycles. The smallest absolute Gasteiger partial charge is 0.464 e. The number of nitrogens with zero attached hydrogens (tertiary/aromatic N) is 1. The molecule has 0 fully saturated rings.